The van der Waals surface area contributed by atoms with Crippen LogP contribution >= 0.6 is 11.6 Å². The monoisotopic (exact) mass is 249 g/mol. The fourth-order valence-electron chi connectivity index (χ4n) is 1.60. The van der Waals surface area contributed by atoms with Crippen molar-refractivity contribution in [2.75, 3.05) is 6.54 Å². The lowest BCUT2D eigenvalue weighted by molar-refractivity contribution is 0.675. The molecule has 2 rings (SSSR count). The summed E-state index contributed by atoms with van der Waals surface area (Å²) in [5, 5.41) is 8.42. The van der Waals surface area contributed by atoms with Gasteiger partial charge in [-0.2, -0.15) is 5.10 Å². The van der Waals surface area contributed by atoms with Gasteiger partial charge in [-0.3, -0.25) is 0 Å². The number of nitrogens with zero attached hydrogens (tertiary/aromatic N) is 2. The fraction of sp³-hybridized carbons (Fsp3) is 0.308. The maximum Gasteiger partial charge on any atom is 0.0646 e. The zero-order chi connectivity index (χ0) is 12.1. The largest absolute Gasteiger partial charge is 0.313 e. The van der Waals surface area contributed by atoms with E-state index < -0.39 is 0 Å². The first kappa shape index (κ1) is 12.1. The van der Waals surface area contributed by atoms with Crippen molar-refractivity contribution in [3.05, 3.63) is 47.2 Å². The molecule has 0 saturated carbocycles. The zero-order valence-corrected chi connectivity index (χ0v) is 10.6. The van der Waals surface area contributed by atoms with Crippen LogP contribution in [-0.2, 0) is 6.54 Å². The van der Waals surface area contributed by atoms with Crippen LogP contribution in [0.1, 0.15) is 18.9 Å². The topological polar surface area (TPSA) is 29.9 Å². The van der Waals surface area contributed by atoms with E-state index in [4.69, 9.17) is 11.6 Å². The van der Waals surface area contributed by atoms with Crippen molar-refractivity contribution in [1.82, 2.24) is 15.1 Å². The van der Waals surface area contributed by atoms with Crippen molar-refractivity contribution in [2.24, 2.45) is 0 Å². The number of halogens is 1. The summed E-state index contributed by atoms with van der Waals surface area (Å²) < 4.78 is 1.86. The Labute approximate surface area is 106 Å². The molecule has 3 nitrogen and oxygen atoms in total. The lowest BCUT2D eigenvalue weighted by atomic mass is 10.3. The van der Waals surface area contributed by atoms with Crippen LogP contribution in [0.2, 0.25) is 5.02 Å². The molecule has 0 aliphatic rings. The Hall–Kier alpha value is -1.32. The van der Waals surface area contributed by atoms with E-state index in [1.165, 1.54) is 5.56 Å². The van der Waals surface area contributed by atoms with Gasteiger partial charge < -0.3 is 5.32 Å². The lowest BCUT2D eigenvalue weighted by Crippen LogP contribution is -2.13. The van der Waals surface area contributed by atoms with Crippen LogP contribution in [0, 0.1) is 0 Å². The van der Waals surface area contributed by atoms with Crippen molar-refractivity contribution in [3.8, 4) is 5.69 Å². The third-order valence-corrected chi connectivity index (χ3v) is 2.74. The molecule has 4 heteroatoms. The van der Waals surface area contributed by atoms with E-state index in [1.54, 1.807) is 0 Å². The summed E-state index contributed by atoms with van der Waals surface area (Å²) in [7, 11) is 0. The molecule has 0 bridgehead atoms. The second-order valence-corrected chi connectivity index (χ2v) is 4.38. The minimum atomic E-state index is 0.741. The van der Waals surface area contributed by atoms with Crippen molar-refractivity contribution in [1.29, 1.82) is 0 Å². The van der Waals surface area contributed by atoms with Crippen LogP contribution in [0.15, 0.2) is 36.7 Å². The molecule has 1 aromatic carbocycles. The molecule has 0 unspecified atom stereocenters. The minimum absolute atomic E-state index is 0.741. The van der Waals surface area contributed by atoms with Gasteiger partial charge in [0.2, 0.25) is 0 Å². The van der Waals surface area contributed by atoms with Gasteiger partial charge in [-0.05, 0) is 37.2 Å². The first-order valence-electron chi connectivity index (χ1n) is 5.80. The normalized spacial score (nSPS) is 10.7. The van der Waals surface area contributed by atoms with Crippen molar-refractivity contribution >= 4 is 11.6 Å². The van der Waals surface area contributed by atoms with Gasteiger partial charge >= 0.3 is 0 Å². The standard InChI is InChI=1S/C13H16ClN3/c1-2-7-15-8-11-9-16-17(10-11)13-5-3-12(14)4-6-13/h3-6,9-10,15H,2,7-8H2,1H3. The van der Waals surface area contributed by atoms with Crippen LogP contribution < -0.4 is 5.32 Å². The summed E-state index contributed by atoms with van der Waals surface area (Å²) >= 11 is 5.85. The third kappa shape index (κ3) is 3.32. The quantitative estimate of drug-likeness (QED) is 0.826. The van der Waals surface area contributed by atoms with Crippen LogP contribution in [-0.4, -0.2) is 16.3 Å². The molecule has 1 aromatic heterocycles. The summed E-state index contributed by atoms with van der Waals surface area (Å²) in [6.07, 6.45) is 5.06. The second-order valence-electron chi connectivity index (χ2n) is 3.95. The molecule has 0 fully saturated rings. The van der Waals surface area contributed by atoms with Gasteiger partial charge in [0, 0.05) is 23.3 Å². The zero-order valence-electron chi connectivity index (χ0n) is 9.86. The Balaban J connectivity index is 2.04. The fourth-order valence-corrected chi connectivity index (χ4v) is 1.72. The number of aromatic nitrogens is 2. The molecule has 1 N–H and O–H groups in total. The predicted molar refractivity (Wildman–Crippen MR) is 70.6 cm³/mol. The van der Waals surface area contributed by atoms with Crippen LogP contribution in [0.3, 0.4) is 0 Å². The Morgan fingerprint density at radius 2 is 2.06 bits per heavy atom. The van der Waals surface area contributed by atoms with E-state index in [-0.39, 0.29) is 0 Å². The summed E-state index contributed by atoms with van der Waals surface area (Å²) in [6.45, 7) is 4.05. The molecular formula is C13H16ClN3. The molecule has 0 spiro atoms. The summed E-state index contributed by atoms with van der Waals surface area (Å²) in [5.41, 5.74) is 2.21. The van der Waals surface area contributed by atoms with E-state index in [0.29, 0.717) is 0 Å². The SMILES string of the molecule is CCCNCc1cnn(-c2ccc(Cl)cc2)c1. The molecule has 1 heterocycles. The van der Waals surface area contributed by atoms with Gasteiger partial charge in [-0.25, -0.2) is 4.68 Å². The van der Waals surface area contributed by atoms with E-state index >= 15 is 0 Å². The number of rotatable bonds is 5. The molecule has 17 heavy (non-hydrogen) atoms. The molecule has 2 aromatic rings. The summed E-state index contributed by atoms with van der Waals surface area (Å²) in [4.78, 5) is 0. The molecular weight excluding hydrogens is 234 g/mol. The average Bonchev–Trinajstić information content (AvgIpc) is 2.79. The molecule has 0 aliphatic heterocycles. The number of nitrogens with one attached hydrogen (secondary N) is 1. The first-order valence-corrected chi connectivity index (χ1v) is 6.17. The minimum Gasteiger partial charge on any atom is -0.313 e. The molecule has 0 radical (unpaired) electrons. The van der Waals surface area contributed by atoms with Gasteiger partial charge in [0.25, 0.3) is 0 Å². The van der Waals surface area contributed by atoms with Crippen molar-refractivity contribution in [2.45, 2.75) is 19.9 Å². The highest BCUT2D eigenvalue weighted by molar-refractivity contribution is 6.30. The van der Waals surface area contributed by atoms with Gasteiger partial charge in [0.15, 0.2) is 0 Å². The van der Waals surface area contributed by atoms with Crippen LogP contribution in [0.25, 0.3) is 5.69 Å². The lowest BCUT2D eigenvalue weighted by Gasteiger charge is -2.01. The highest BCUT2D eigenvalue weighted by Crippen LogP contribution is 2.13. The van der Waals surface area contributed by atoms with E-state index in [2.05, 4.69) is 17.3 Å². The number of hydrogen-bond acceptors (Lipinski definition) is 2. The van der Waals surface area contributed by atoms with Crippen molar-refractivity contribution in [3.63, 3.8) is 0 Å². The molecule has 0 atom stereocenters. The molecule has 0 aliphatic carbocycles. The summed E-state index contributed by atoms with van der Waals surface area (Å²) in [5.74, 6) is 0. The van der Waals surface area contributed by atoms with Crippen LogP contribution in [0.4, 0.5) is 0 Å². The molecule has 90 valence electrons. The van der Waals surface area contributed by atoms with Crippen LogP contribution in [0.5, 0.6) is 0 Å². The Morgan fingerprint density at radius 1 is 1.29 bits per heavy atom. The van der Waals surface area contributed by atoms with Crippen molar-refractivity contribution < 1.29 is 0 Å². The molecule has 0 amide bonds. The van der Waals surface area contributed by atoms with Gasteiger partial charge in [-0.1, -0.05) is 18.5 Å². The highest BCUT2D eigenvalue weighted by atomic mass is 35.5. The number of benzene rings is 1. The smallest absolute Gasteiger partial charge is 0.0646 e. The van der Waals surface area contributed by atoms with Gasteiger partial charge in [-0.15, -0.1) is 0 Å². The third-order valence-electron chi connectivity index (χ3n) is 2.48. The Morgan fingerprint density at radius 3 is 2.76 bits per heavy atom. The van der Waals surface area contributed by atoms with Gasteiger partial charge in [0.05, 0.1) is 11.9 Å². The maximum absolute atomic E-state index is 5.85. The average molecular weight is 250 g/mol. The Bertz CT molecular complexity index is 462. The van der Waals surface area contributed by atoms with Gasteiger partial charge in [0.1, 0.15) is 0 Å². The van der Waals surface area contributed by atoms with E-state index in [1.807, 2.05) is 41.3 Å². The predicted octanol–water partition coefficient (Wildman–Crippen LogP) is 3.03. The van der Waals surface area contributed by atoms with E-state index in [9.17, 15) is 0 Å². The highest BCUT2D eigenvalue weighted by Gasteiger charge is 2.00. The first-order chi connectivity index (χ1) is 8.29. The maximum atomic E-state index is 5.85. The Kier molecular flexibility index (Phi) is 4.18. The summed E-state index contributed by atoms with van der Waals surface area (Å²) in [6, 6.07) is 7.65. The number of hydrogen-bond donors (Lipinski definition) is 1. The molecule has 0 saturated heterocycles. The van der Waals surface area contributed by atoms with E-state index in [0.717, 1.165) is 30.2 Å². The second kappa shape index (κ2) is 5.84.